The van der Waals surface area contributed by atoms with E-state index in [1.807, 2.05) is 44.2 Å². The normalized spacial score (nSPS) is 15.0. The number of amides is 4. The van der Waals surface area contributed by atoms with Crippen molar-refractivity contribution in [2.75, 3.05) is 6.54 Å². The maximum atomic E-state index is 12.3. The van der Waals surface area contributed by atoms with Gasteiger partial charge in [-0.15, -0.1) is 0 Å². The summed E-state index contributed by atoms with van der Waals surface area (Å²) in [6.45, 7) is 3.87. The predicted octanol–water partition coefficient (Wildman–Crippen LogP) is 2.29. The fourth-order valence-corrected chi connectivity index (χ4v) is 2.50. The van der Waals surface area contributed by atoms with Gasteiger partial charge in [-0.25, -0.2) is 9.69 Å². The van der Waals surface area contributed by atoms with Gasteiger partial charge in [-0.3, -0.25) is 14.5 Å². The van der Waals surface area contributed by atoms with Crippen LogP contribution in [0.15, 0.2) is 40.9 Å². The van der Waals surface area contributed by atoms with Crippen LogP contribution in [0.25, 0.3) is 11.3 Å². The highest BCUT2D eigenvalue weighted by atomic mass is 16.5. The van der Waals surface area contributed by atoms with Gasteiger partial charge in [0.05, 0.1) is 6.54 Å². The summed E-state index contributed by atoms with van der Waals surface area (Å²) in [7, 11) is 0. The number of carbonyl (C=O) groups is 3. The van der Waals surface area contributed by atoms with Gasteiger partial charge in [0.15, 0.2) is 5.76 Å². The van der Waals surface area contributed by atoms with Gasteiger partial charge in [-0.1, -0.05) is 49.3 Å². The number of hydrogen-bond acceptors (Lipinski definition) is 5. The SMILES string of the molecule is CC(C)CN1C(=O)C(=O)N(Cc2cc(-c3ccccc3)on2)C1=O. The summed E-state index contributed by atoms with van der Waals surface area (Å²) < 4.78 is 5.25. The van der Waals surface area contributed by atoms with E-state index in [9.17, 15) is 14.4 Å². The second kappa shape index (κ2) is 6.27. The zero-order chi connectivity index (χ0) is 17.3. The summed E-state index contributed by atoms with van der Waals surface area (Å²) in [6.07, 6.45) is 0. The van der Waals surface area contributed by atoms with Crippen LogP contribution in [0.5, 0.6) is 0 Å². The molecule has 0 atom stereocenters. The molecule has 1 aliphatic rings. The number of benzene rings is 1. The van der Waals surface area contributed by atoms with Crippen molar-refractivity contribution in [1.29, 1.82) is 0 Å². The smallest absolute Gasteiger partial charge is 0.334 e. The van der Waals surface area contributed by atoms with Gasteiger partial charge in [0.2, 0.25) is 0 Å². The lowest BCUT2D eigenvalue weighted by atomic mass is 10.1. The molecule has 24 heavy (non-hydrogen) atoms. The van der Waals surface area contributed by atoms with Gasteiger partial charge in [-0.2, -0.15) is 0 Å². The molecule has 7 nitrogen and oxygen atoms in total. The van der Waals surface area contributed by atoms with Gasteiger partial charge < -0.3 is 4.52 Å². The monoisotopic (exact) mass is 327 g/mol. The van der Waals surface area contributed by atoms with Crippen LogP contribution in [-0.2, 0) is 16.1 Å². The van der Waals surface area contributed by atoms with Crippen molar-refractivity contribution >= 4 is 17.8 Å². The lowest BCUT2D eigenvalue weighted by molar-refractivity contribution is -0.143. The highest BCUT2D eigenvalue weighted by Gasteiger charge is 2.44. The number of aromatic nitrogens is 1. The van der Waals surface area contributed by atoms with E-state index in [1.54, 1.807) is 6.07 Å². The molecule has 1 aliphatic heterocycles. The zero-order valence-electron chi connectivity index (χ0n) is 13.4. The summed E-state index contributed by atoms with van der Waals surface area (Å²) in [4.78, 5) is 38.2. The molecule has 1 aromatic heterocycles. The van der Waals surface area contributed by atoms with Gasteiger partial charge in [0.25, 0.3) is 0 Å². The topological polar surface area (TPSA) is 83.7 Å². The minimum atomic E-state index is -0.829. The van der Waals surface area contributed by atoms with Crippen LogP contribution in [0.3, 0.4) is 0 Å². The standard InChI is InChI=1S/C17H17N3O4/c1-11(2)9-19-15(21)16(22)20(17(19)23)10-13-8-14(24-18-13)12-6-4-3-5-7-12/h3-8,11H,9-10H2,1-2H3. The van der Waals surface area contributed by atoms with Crippen molar-refractivity contribution < 1.29 is 18.9 Å². The molecule has 0 N–H and O–H groups in total. The van der Waals surface area contributed by atoms with E-state index in [1.165, 1.54) is 0 Å². The number of urea groups is 1. The molecule has 124 valence electrons. The van der Waals surface area contributed by atoms with Crippen LogP contribution in [0.1, 0.15) is 19.5 Å². The quantitative estimate of drug-likeness (QED) is 0.621. The van der Waals surface area contributed by atoms with E-state index in [0.29, 0.717) is 11.5 Å². The Hall–Kier alpha value is -2.96. The molecular formula is C17H17N3O4. The maximum Gasteiger partial charge on any atom is 0.334 e. The first-order valence-corrected chi connectivity index (χ1v) is 7.65. The first kappa shape index (κ1) is 15.9. The molecule has 0 aliphatic carbocycles. The second-order valence-electron chi connectivity index (χ2n) is 6.03. The fraction of sp³-hybridized carbons (Fsp3) is 0.294. The Kier molecular flexibility index (Phi) is 4.16. The molecule has 0 radical (unpaired) electrons. The number of carbonyl (C=O) groups excluding carboxylic acids is 3. The molecule has 1 saturated heterocycles. The van der Waals surface area contributed by atoms with Crippen molar-refractivity contribution in [1.82, 2.24) is 15.0 Å². The van der Waals surface area contributed by atoms with Crippen LogP contribution in [0, 0.1) is 5.92 Å². The third-order valence-corrected chi connectivity index (χ3v) is 3.62. The first-order chi connectivity index (χ1) is 11.5. The van der Waals surface area contributed by atoms with E-state index in [-0.39, 0.29) is 19.0 Å². The van der Waals surface area contributed by atoms with Crippen LogP contribution < -0.4 is 0 Å². The molecule has 4 amide bonds. The molecule has 7 heteroatoms. The minimum absolute atomic E-state index is 0.0855. The third-order valence-electron chi connectivity index (χ3n) is 3.62. The molecule has 3 rings (SSSR count). The average Bonchev–Trinajstić information content (AvgIpc) is 3.11. The van der Waals surface area contributed by atoms with Crippen molar-refractivity contribution in [2.24, 2.45) is 5.92 Å². The Morgan fingerprint density at radius 3 is 2.38 bits per heavy atom. The van der Waals surface area contributed by atoms with Crippen LogP contribution >= 0.6 is 0 Å². The maximum absolute atomic E-state index is 12.3. The Labute approximate surface area is 138 Å². The number of rotatable bonds is 5. The average molecular weight is 327 g/mol. The van der Waals surface area contributed by atoms with Crippen LogP contribution in [0.2, 0.25) is 0 Å². The highest BCUT2D eigenvalue weighted by molar-refractivity contribution is 6.44. The lowest BCUT2D eigenvalue weighted by Gasteiger charge is -2.16. The van der Waals surface area contributed by atoms with Crippen molar-refractivity contribution in [3.05, 3.63) is 42.1 Å². The van der Waals surface area contributed by atoms with Crippen molar-refractivity contribution in [3.8, 4) is 11.3 Å². The number of imide groups is 2. The predicted molar refractivity (Wildman–Crippen MR) is 84.4 cm³/mol. The zero-order valence-corrected chi connectivity index (χ0v) is 13.4. The summed E-state index contributed by atoms with van der Waals surface area (Å²) in [5.41, 5.74) is 1.25. The second-order valence-corrected chi connectivity index (χ2v) is 6.03. The Balaban J connectivity index is 1.77. The molecule has 0 bridgehead atoms. The Bertz CT molecular complexity index is 782. The van der Waals surface area contributed by atoms with Crippen molar-refractivity contribution in [3.63, 3.8) is 0 Å². The van der Waals surface area contributed by atoms with E-state index >= 15 is 0 Å². The van der Waals surface area contributed by atoms with E-state index in [2.05, 4.69) is 5.16 Å². The molecule has 0 spiro atoms. The minimum Gasteiger partial charge on any atom is -0.356 e. The molecule has 0 unspecified atom stereocenters. The third kappa shape index (κ3) is 2.92. The summed E-state index contributed by atoms with van der Waals surface area (Å²) >= 11 is 0. The molecule has 0 saturated carbocycles. The fourth-order valence-electron chi connectivity index (χ4n) is 2.50. The van der Waals surface area contributed by atoms with E-state index < -0.39 is 17.8 Å². The van der Waals surface area contributed by atoms with Crippen molar-refractivity contribution in [2.45, 2.75) is 20.4 Å². The van der Waals surface area contributed by atoms with Gasteiger partial charge in [0.1, 0.15) is 5.69 Å². The number of hydrogen-bond donors (Lipinski definition) is 0. The largest absolute Gasteiger partial charge is 0.356 e. The number of nitrogens with zero attached hydrogens (tertiary/aromatic N) is 3. The van der Waals surface area contributed by atoms with Gasteiger partial charge in [0, 0.05) is 18.2 Å². The van der Waals surface area contributed by atoms with E-state index in [4.69, 9.17) is 4.52 Å². The first-order valence-electron chi connectivity index (χ1n) is 7.65. The van der Waals surface area contributed by atoms with Crippen LogP contribution in [0.4, 0.5) is 4.79 Å². The Morgan fingerprint density at radius 2 is 1.71 bits per heavy atom. The van der Waals surface area contributed by atoms with Crippen LogP contribution in [-0.4, -0.2) is 39.3 Å². The van der Waals surface area contributed by atoms with Gasteiger partial charge in [-0.05, 0) is 5.92 Å². The summed E-state index contributed by atoms with van der Waals surface area (Å²) in [6, 6.07) is 10.4. The summed E-state index contributed by atoms with van der Waals surface area (Å²) in [5.74, 6) is -0.997. The molecule has 1 aromatic carbocycles. The molecule has 1 fully saturated rings. The van der Waals surface area contributed by atoms with E-state index in [0.717, 1.165) is 15.4 Å². The lowest BCUT2D eigenvalue weighted by Crippen LogP contribution is -2.35. The highest BCUT2D eigenvalue weighted by Crippen LogP contribution is 2.22. The molecule has 2 heterocycles. The molecular weight excluding hydrogens is 310 g/mol. The summed E-state index contributed by atoms with van der Waals surface area (Å²) in [5, 5.41) is 3.89. The van der Waals surface area contributed by atoms with Gasteiger partial charge >= 0.3 is 17.8 Å². The Morgan fingerprint density at radius 1 is 1.04 bits per heavy atom. The molecule has 2 aromatic rings.